The van der Waals surface area contributed by atoms with Gasteiger partial charge in [-0.3, -0.25) is 14.5 Å². The highest BCUT2D eigenvalue weighted by Crippen LogP contribution is 2.16. The molecule has 4 rings (SSSR count). The molecule has 2 aromatic rings. The number of hydrogen-bond acceptors (Lipinski definition) is 4. The standard InChI is InChI=1S/C23H28N4O2/c28-22(26-13-11-24(12-14-26)19-20-7-3-1-4-8-20)23(29)27-17-15-25(16-18-27)21-9-5-2-6-10-21/h1-10H,11-19H2. The van der Waals surface area contributed by atoms with E-state index in [-0.39, 0.29) is 11.8 Å². The van der Waals surface area contributed by atoms with Gasteiger partial charge in [0.25, 0.3) is 0 Å². The maximum absolute atomic E-state index is 12.7. The first kappa shape index (κ1) is 19.5. The average Bonchev–Trinajstić information content (AvgIpc) is 2.80. The van der Waals surface area contributed by atoms with Crippen LogP contribution in [0.1, 0.15) is 5.56 Å². The highest BCUT2D eigenvalue weighted by Gasteiger charge is 2.31. The molecule has 6 nitrogen and oxygen atoms in total. The second-order valence-corrected chi connectivity index (χ2v) is 7.67. The van der Waals surface area contributed by atoms with Gasteiger partial charge >= 0.3 is 11.8 Å². The number of anilines is 1. The molecule has 0 spiro atoms. The maximum Gasteiger partial charge on any atom is 0.312 e. The highest BCUT2D eigenvalue weighted by molar-refractivity contribution is 6.35. The van der Waals surface area contributed by atoms with Crippen molar-refractivity contribution >= 4 is 17.5 Å². The summed E-state index contributed by atoms with van der Waals surface area (Å²) in [5, 5.41) is 0. The topological polar surface area (TPSA) is 47.1 Å². The summed E-state index contributed by atoms with van der Waals surface area (Å²) in [5.41, 5.74) is 2.44. The lowest BCUT2D eigenvalue weighted by Gasteiger charge is -2.38. The van der Waals surface area contributed by atoms with E-state index >= 15 is 0 Å². The zero-order valence-electron chi connectivity index (χ0n) is 16.7. The molecule has 2 fully saturated rings. The van der Waals surface area contributed by atoms with Gasteiger partial charge in [-0.1, -0.05) is 48.5 Å². The minimum Gasteiger partial charge on any atom is -0.368 e. The van der Waals surface area contributed by atoms with Crippen LogP contribution in [0.2, 0.25) is 0 Å². The smallest absolute Gasteiger partial charge is 0.312 e. The zero-order valence-corrected chi connectivity index (χ0v) is 16.7. The van der Waals surface area contributed by atoms with Crippen molar-refractivity contribution in [3.8, 4) is 0 Å². The fraction of sp³-hybridized carbons (Fsp3) is 0.391. The van der Waals surface area contributed by atoms with Gasteiger partial charge in [-0.2, -0.15) is 0 Å². The van der Waals surface area contributed by atoms with Gasteiger partial charge < -0.3 is 14.7 Å². The van der Waals surface area contributed by atoms with Crippen molar-refractivity contribution in [2.45, 2.75) is 6.54 Å². The molecule has 0 bridgehead atoms. The fourth-order valence-electron chi connectivity index (χ4n) is 4.03. The van der Waals surface area contributed by atoms with Gasteiger partial charge in [0.2, 0.25) is 0 Å². The number of para-hydroxylation sites is 1. The van der Waals surface area contributed by atoms with Crippen LogP contribution in [0.4, 0.5) is 5.69 Å². The Balaban J connectivity index is 1.24. The van der Waals surface area contributed by atoms with Crippen molar-refractivity contribution in [3.05, 3.63) is 66.2 Å². The number of piperazine rings is 2. The Morgan fingerprint density at radius 3 is 1.66 bits per heavy atom. The van der Waals surface area contributed by atoms with Crippen LogP contribution in [0.5, 0.6) is 0 Å². The van der Waals surface area contributed by atoms with Crippen LogP contribution in [-0.2, 0) is 16.1 Å². The fourth-order valence-corrected chi connectivity index (χ4v) is 4.03. The van der Waals surface area contributed by atoms with Crippen LogP contribution in [0.25, 0.3) is 0 Å². The van der Waals surface area contributed by atoms with E-state index in [0.29, 0.717) is 26.2 Å². The summed E-state index contributed by atoms with van der Waals surface area (Å²) in [7, 11) is 0. The Bertz CT molecular complexity index is 811. The molecule has 152 valence electrons. The molecule has 2 aliphatic rings. The first-order chi connectivity index (χ1) is 14.2. The number of carbonyl (C=O) groups is 2. The predicted molar refractivity (Wildman–Crippen MR) is 114 cm³/mol. The van der Waals surface area contributed by atoms with Gasteiger partial charge in [0, 0.05) is 64.6 Å². The summed E-state index contributed by atoms with van der Waals surface area (Å²) in [6, 6.07) is 20.6. The third-order valence-electron chi connectivity index (χ3n) is 5.78. The predicted octanol–water partition coefficient (Wildman–Crippen LogP) is 1.68. The van der Waals surface area contributed by atoms with Gasteiger partial charge in [-0.15, -0.1) is 0 Å². The van der Waals surface area contributed by atoms with Crippen molar-refractivity contribution in [2.75, 3.05) is 57.3 Å². The monoisotopic (exact) mass is 392 g/mol. The molecule has 6 heteroatoms. The molecular formula is C23H28N4O2. The number of hydrogen-bond donors (Lipinski definition) is 0. The molecule has 29 heavy (non-hydrogen) atoms. The van der Waals surface area contributed by atoms with Gasteiger partial charge in [-0.05, 0) is 17.7 Å². The van der Waals surface area contributed by atoms with Crippen LogP contribution >= 0.6 is 0 Å². The summed E-state index contributed by atoms with van der Waals surface area (Å²) in [5.74, 6) is -0.702. The summed E-state index contributed by atoms with van der Waals surface area (Å²) < 4.78 is 0. The van der Waals surface area contributed by atoms with Crippen molar-refractivity contribution in [2.24, 2.45) is 0 Å². The average molecular weight is 393 g/mol. The lowest BCUT2D eigenvalue weighted by molar-refractivity contribution is -0.153. The Morgan fingerprint density at radius 1 is 0.621 bits per heavy atom. The van der Waals surface area contributed by atoms with Crippen LogP contribution < -0.4 is 4.90 Å². The van der Waals surface area contributed by atoms with Crippen LogP contribution in [0, 0.1) is 0 Å². The number of amides is 2. The molecule has 0 aromatic heterocycles. The van der Waals surface area contributed by atoms with Gasteiger partial charge in [0.15, 0.2) is 0 Å². The molecule has 2 aliphatic heterocycles. The molecule has 2 heterocycles. The van der Waals surface area contributed by atoms with Crippen LogP contribution in [0.15, 0.2) is 60.7 Å². The van der Waals surface area contributed by atoms with E-state index in [9.17, 15) is 9.59 Å². The first-order valence-electron chi connectivity index (χ1n) is 10.4. The molecule has 2 saturated heterocycles. The summed E-state index contributed by atoms with van der Waals surface area (Å²) >= 11 is 0. The quantitative estimate of drug-likeness (QED) is 0.746. The molecule has 2 amide bonds. The largest absolute Gasteiger partial charge is 0.368 e. The van der Waals surface area contributed by atoms with E-state index in [1.165, 1.54) is 11.3 Å². The van der Waals surface area contributed by atoms with Gasteiger partial charge in [0.1, 0.15) is 0 Å². The molecule has 0 radical (unpaired) electrons. The van der Waals surface area contributed by atoms with E-state index < -0.39 is 0 Å². The van der Waals surface area contributed by atoms with Crippen molar-refractivity contribution in [3.63, 3.8) is 0 Å². The minimum absolute atomic E-state index is 0.350. The minimum atomic E-state index is -0.353. The maximum atomic E-state index is 12.7. The second-order valence-electron chi connectivity index (χ2n) is 7.67. The summed E-state index contributed by atoms with van der Waals surface area (Å²) in [6.45, 7) is 6.41. The van der Waals surface area contributed by atoms with E-state index in [0.717, 1.165) is 32.7 Å². The van der Waals surface area contributed by atoms with Crippen LogP contribution in [0.3, 0.4) is 0 Å². The van der Waals surface area contributed by atoms with Gasteiger partial charge in [-0.25, -0.2) is 0 Å². The van der Waals surface area contributed by atoms with Crippen molar-refractivity contribution in [1.29, 1.82) is 0 Å². The number of carbonyl (C=O) groups excluding carboxylic acids is 2. The third kappa shape index (κ3) is 4.77. The second kappa shape index (κ2) is 9.09. The molecular weight excluding hydrogens is 364 g/mol. The SMILES string of the molecule is O=C(C(=O)N1CCN(c2ccccc2)CC1)N1CCN(Cc2ccccc2)CC1. The normalized spacial score (nSPS) is 18.0. The lowest BCUT2D eigenvalue weighted by Crippen LogP contribution is -2.56. The molecule has 2 aromatic carbocycles. The first-order valence-corrected chi connectivity index (χ1v) is 10.4. The van der Waals surface area contributed by atoms with Crippen LogP contribution in [-0.4, -0.2) is 78.9 Å². The van der Waals surface area contributed by atoms with E-state index in [1.807, 2.05) is 36.4 Å². The Kier molecular flexibility index (Phi) is 6.10. The Hall–Kier alpha value is -2.86. The van der Waals surface area contributed by atoms with E-state index in [2.05, 4.69) is 34.1 Å². The molecule has 0 unspecified atom stereocenters. The third-order valence-corrected chi connectivity index (χ3v) is 5.78. The lowest BCUT2D eigenvalue weighted by atomic mass is 10.2. The molecule has 0 atom stereocenters. The van der Waals surface area contributed by atoms with Crippen molar-refractivity contribution < 1.29 is 9.59 Å². The zero-order chi connectivity index (χ0) is 20.1. The molecule has 0 N–H and O–H groups in total. The number of benzene rings is 2. The van der Waals surface area contributed by atoms with E-state index in [1.54, 1.807) is 9.80 Å². The highest BCUT2D eigenvalue weighted by atomic mass is 16.2. The number of rotatable bonds is 3. The molecule has 0 aliphatic carbocycles. The Morgan fingerprint density at radius 2 is 1.10 bits per heavy atom. The van der Waals surface area contributed by atoms with E-state index in [4.69, 9.17) is 0 Å². The molecule has 0 saturated carbocycles. The van der Waals surface area contributed by atoms with Gasteiger partial charge in [0.05, 0.1) is 0 Å². The van der Waals surface area contributed by atoms with Crippen molar-refractivity contribution in [1.82, 2.24) is 14.7 Å². The summed E-state index contributed by atoms with van der Waals surface area (Å²) in [4.78, 5) is 33.5. The summed E-state index contributed by atoms with van der Waals surface area (Å²) in [6.07, 6.45) is 0. The number of nitrogens with zero attached hydrogens (tertiary/aromatic N) is 4. The Labute approximate surface area is 172 Å².